The Balaban J connectivity index is 0.000000531. The van der Waals surface area contributed by atoms with Crippen LogP contribution in [0.1, 0.15) is 0 Å². The molecule has 0 saturated heterocycles. The minimum absolute atomic E-state index is 1.28. The van der Waals surface area contributed by atoms with E-state index >= 15 is 0 Å². The van der Waals surface area contributed by atoms with E-state index in [0.29, 0.717) is 0 Å². The van der Waals surface area contributed by atoms with E-state index in [2.05, 4.69) is 61.5 Å². The summed E-state index contributed by atoms with van der Waals surface area (Å²) in [5.74, 6) is 2.00. The predicted molar refractivity (Wildman–Crippen MR) is 64.5 cm³/mol. The maximum absolute atomic E-state index is 8.00. The summed E-state index contributed by atoms with van der Waals surface area (Å²) < 4.78 is 0. The van der Waals surface area contributed by atoms with Gasteiger partial charge < -0.3 is 16.0 Å². The first kappa shape index (κ1) is 11.5. The van der Waals surface area contributed by atoms with Gasteiger partial charge in [0, 0.05) is 25.2 Å². The van der Waals surface area contributed by atoms with Crippen LogP contribution < -0.4 is 10.8 Å². The predicted octanol–water partition coefficient (Wildman–Crippen LogP) is 1.63. The first-order valence-electron chi connectivity index (χ1n) is 4.73. The van der Waals surface area contributed by atoms with Crippen molar-refractivity contribution in [2.75, 3.05) is 19.0 Å². The number of fused-ring (bicyclic) bond motifs is 1. The molecule has 0 aromatic heterocycles. The largest absolute Gasteiger partial charge is 0.637 e. The minimum Gasteiger partial charge on any atom is -0.637 e. The van der Waals surface area contributed by atoms with Gasteiger partial charge in [0.1, 0.15) is 0 Å². The van der Waals surface area contributed by atoms with Crippen molar-refractivity contribution in [3.63, 3.8) is 0 Å². The Labute approximate surface area is 89.7 Å². The van der Waals surface area contributed by atoms with Crippen LogP contribution in [0.15, 0.2) is 42.5 Å². The highest BCUT2D eigenvalue weighted by Crippen LogP contribution is 2.24. The van der Waals surface area contributed by atoms with Crippen LogP contribution in [-0.4, -0.2) is 14.1 Å². The molecule has 0 fully saturated rings. The van der Waals surface area contributed by atoms with Gasteiger partial charge in [0.15, 0.2) is 0 Å². The van der Waals surface area contributed by atoms with Crippen LogP contribution in [0.5, 0.6) is 0 Å². The fourth-order valence-electron chi connectivity index (χ4n) is 1.60. The van der Waals surface area contributed by atoms with E-state index in [-0.39, 0.29) is 0 Å². The molecule has 0 saturated carbocycles. The number of hydrogen-bond donors (Lipinski definition) is 1. The number of benzene rings is 2. The Kier molecular flexibility index (Phi) is 4.09. The van der Waals surface area contributed by atoms with Gasteiger partial charge in [-0.2, -0.15) is 0 Å². The zero-order valence-corrected chi connectivity index (χ0v) is 9.10. The summed E-state index contributed by atoms with van der Waals surface area (Å²) in [4.78, 5) is 2.14. The van der Waals surface area contributed by atoms with Gasteiger partial charge >= 0.3 is 0 Å². The van der Waals surface area contributed by atoms with Gasteiger partial charge in [0.2, 0.25) is 0 Å². The monoisotopic (exact) mass is 204 g/mol. The molecule has 0 aliphatic carbocycles. The lowest BCUT2D eigenvalue weighted by Gasteiger charge is -2.14. The molecule has 2 aromatic rings. The molecule has 0 unspecified atom stereocenters. The zero-order valence-electron chi connectivity index (χ0n) is 9.10. The summed E-state index contributed by atoms with van der Waals surface area (Å²) in [5, 5.41) is 10.6. The standard InChI is InChI=1S/C12H13N.H3NO/c1-13(2)12-9-5-7-10-6-3-4-8-11(10)12;1-2/h3-9H,1-2H3;1H3. The van der Waals surface area contributed by atoms with Gasteiger partial charge in [0.05, 0.1) is 0 Å². The van der Waals surface area contributed by atoms with E-state index in [1.165, 1.54) is 16.5 Å². The van der Waals surface area contributed by atoms with Crippen molar-refractivity contribution in [3.05, 3.63) is 47.7 Å². The first-order chi connectivity index (χ1) is 7.29. The summed E-state index contributed by atoms with van der Waals surface area (Å²) in [6.45, 7) is 0. The molecule has 15 heavy (non-hydrogen) atoms. The molecule has 0 atom stereocenters. The van der Waals surface area contributed by atoms with E-state index < -0.39 is 0 Å². The van der Waals surface area contributed by atoms with Crippen molar-refractivity contribution < 1.29 is 5.90 Å². The molecule has 2 rings (SSSR count). The van der Waals surface area contributed by atoms with Crippen LogP contribution in [0.25, 0.3) is 10.8 Å². The smallest absolute Gasteiger partial charge is 0.0440 e. The Morgan fingerprint density at radius 3 is 2.20 bits per heavy atom. The third-order valence-corrected chi connectivity index (χ3v) is 2.25. The summed E-state index contributed by atoms with van der Waals surface area (Å²) in [5.41, 5.74) is 1.28. The highest BCUT2D eigenvalue weighted by atomic mass is 16.4. The molecule has 3 nitrogen and oxygen atoms in total. The average Bonchev–Trinajstić information content (AvgIpc) is 2.31. The molecule has 2 aromatic carbocycles. The van der Waals surface area contributed by atoms with Crippen LogP contribution in [0.2, 0.25) is 0 Å². The zero-order chi connectivity index (χ0) is 11.3. The fraction of sp³-hybridized carbons (Fsp3) is 0.167. The van der Waals surface area contributed by atoms with E-state index in [4.69, 9.17) is 5.21 Å². The minimum atomic E-state index is 1.28. The van der Waals surface area contributed by atoms with Crippen LogP contribution in [-0.2, 0) is 0 Å². The number of hydrogen-bond acceptors (Lipinski definition) is 2. The van der Waals surface area contributed by atoms with E-state index in [1.807, 2.05) is 5.90 Å². The topological polar surface area (TPSA) is 53.9 Å². The highest BCUT2D eigenvalue weighted by molar-refractivity contribution is 5.94. The van der Waals surface area contributed by atoms with E-state index in [1.54, 1.807) is 0 Å². The van der Waals surface area contributed by atoms with E-state index in [9.17, 15) is 0 Å². The molecular formula is C12H16N2O. The van der Waals surface area contributed by atoms with Crippen molar-refractivity contribution >= 4 is 16.5 Å². The van der Waals surface area contributed by atoms with Crippen molar-refractivity contribution in [2.24, 2.45) is 0 Å². The summed E-state index contributed by atoms with van der Waals surface area (Å²) in [6.07, 6.45) is 0. The Morgan fingerprint density at radius 1 is 0.933 bits per heavy atom. The maximum atomic E-state index is 8.00. The lowest BCUT2D eigenvalue weighted by molar-refractivity contribution is -0.275. The lowest BCUT2D eigenvalue weighted by Crippen LogP contribution is -2.37. The molecule has 0 aliphatic heterocycles. The van der Waals surface area contributed by atoms with Gasteiger partial charge in [-0.05, 0) is 11.5 Å². The van der Waals surface area contributed by atoms with Gasteiger partial charge in [-0.3, -0.25) is 0 Å². The molecule has 0 radical (unpaired) electrons. The third-order valence-electron chi connectivity index (χ3n) is 2.25. The number of quaternary nitrogens is 1. The van der Waals surface area contributed by atoms with Gasteiger partial charge in [-0.25, -0.2) is 0 Å². The molecule has 80 valence electrons. The van der Waals surface area contributed by atoms with Crippen LogP contribution in [0.3, 0.4) is 0 Å². The summed E-state index contributed by atoms with van der Waals surface area (Å²) in [7, 11) is 4.14. The van der Waals surface area contributed by atoms with Crippen LogP contribution in [0.4, 0.5) is 5.69 Å². The third kappa shape index (κ3) is 2.46. The normalized spacial score (nSPS) is 9.33. The molecule has 3 heteroatoms. The first-order valence-corrected chi connectivity index (χ1v) is 4.73. The SMILES string of the molecule is CN(C)c1cccc2ccccc12.[NH3+][O-]. The van der Waals surface area contributed by atoms with Crippen LogP contribution in [0, 0.1) is 5.21 Å². The number of rotatable bonds is 1. The second-order valence-corrected chi connectivity index (χ2v) is 3.39. The Morgan fingerprint density at radius 2 is 1.53 bits per heavy atom. The molecule has 0 heterocycles. The molecule has 0 spiro atoms. The van der Waals surface area contributed by atoms with Crippen LogP contribution >= 0.6 is 0 Å². The van der Waals surface area contributed by atoms with E-state index in [0.717, 1.165) is 0 Å². The second kappa shape index (κ2) is 5.34. The Bertz CT molecular complexity index is 421. The van der Waals surface area contributed by atoms with Gasteiger partial charge in [-0.1, -0.05) is 36.4 Å². The molecule has 0 aliphatic rings. The molecule has 0 bridgehead atoms. The average molecular weight is 204 g/mol. The molecular weight excluding hydrogens is 188 g/mol. The number of anilines is 1. The number of nitrogens with zero attached hydrogens (tertiary/aromatic N) is 1. The van der Waals surface area contributed by atoms with Crippen molar-refractivity contribution in [1.82, 2.24) is 0 Å². The van der Waals surface area contributed by atoms with Crippen molar-refractivity contribution in [2.45, 2.75) is 0 Å². The quantitative estimate of drug-likeness (QED) is 0.718. The maximum Gasteiger partial charge on any atom is 0.0440 e. The van der Waals surface area contributed by atoms with Gasteiger partial charge in [0.25, 0.3) is 0 Å². The highest BCUT2D eigenvalue weighted by Gasteiger charge is 1.99. The van der Waals surface area contributed by atoms with Crippen molar-refractivity contribution in [1.29, 1.82) is 0 Å². The summed E-state index contributed by atoms with van der Waals surface area (Å²) in [6, 6.07) is 14.8. The summed E-state index contributed by atoms with van der Waals surface area (Å²) >= 11 is 0. The fourth-order valence-corrected chi connectivity index (χ4v) is 1.60. The lowest BCUT2D eigenvalue weighted by atomic mass is 10.1. The Hall–Kier alpha value is -1.58. The van der Waals surface area contributed by atoms with Crippen molar-refractivity contribution in [3.8, 4) is 0 Å². The molecule has 0 amide bonds. The van der Waals surface area contributed by atoms with Gasteiger partial charge in [-0.15, -0.1) is 0 Å². The second-order valence-electron chi connectivity index (χ2n) is 3.39. The molecule has 3 N–H and O–H groups in total.